The second-order valence-electron chi connectivity index (χ2n) is 5.99. The zero-order valence-corrected chi connectivity index (χ0v) is 14.8. The molecule has 0 N–H and O–H groups in total. The van der Waals surface area contributed by atoms with Gasteiger partial charge < -0.3 is 9.47 Å². The van der Waals surface area contributed by atoms with E-state index in [0.717, 1.165) is 40.4 Å². The third kappa shape index (κ3) is 4.64. The Balaban J connectivity index is 1.94. The zero-order chi connectivity index (χ0) is 18.2. The minimum Gasteiger partial charge on any atom is -0.494 e. The Morgan fingerprint density at radius 2 is 1.58 bits per heavy atom. The van der Waals surface area contributed by atoms with Gasteiger partial charge in [0, 0.05) is 0 Å². The molecule has 3 aromatic carbocycles. The van der Waals surface area contributed by atoms with Crippen molar-refractivity contribution < 1.29 is 9.47 Å². The van der Waals surface area contributed by atoms with Crippen LogP contribution in [0, 0.1) is 11.3 Å². The van der Waals surface area contributed by atoms with Crippen molar-refractivity contribution in [2.24, 2.45) is 0 Å². The summed E-state index contributed by atoms with van der Waals surface area (Å²) in [5.41, 5.74) is 2.97. The quantitative estimate of drug-likeness (QED) is 0.528. The van der Waals surface area contributed by atoms with Crippen LogP contribution in [0.3, 0.4) is 0 Å². The van der Waals surface area contributed by atoms with Crippen molar-refractivity contribution >= 4 is 0 Å². The van der Waals surface area contributed by atoms with Crippen LogP contribution in [0.2, 0.25) is 0 Å². The minimum atomic E-state index is 0.338. The smallest absolute Gasteiger partial charge is 0.128 e. The van der Waals surface area contributed by atoms with Crippen molar-refractivity contribution in [1.29, 1.82) is 5.26 Å². The molecule has 0 heterocycles. The number of hydrogen-bond acceptors (Lipinski definition) is 3. The van der Waals surface area contributed by atoms with Gasteiger partial charge in [0.2, 0.25) is 0 Å². The molecule has 0 aliphatic rings. The average Bonchev–Trinajstić information content (AvgIpc) is 2.67. The van der Waals surface area contributed by atoms with Crippen molar-refractivity contribution in [2.45, 2.75) is 19.8 Å². The van der Waals surface area contributed by atoms with Crippen LogP contribution in [0.5, 0.6) is 17.2 Å². The summed E-state index contributed by atoms with van der Waals surface area (Å²) >= 11 is 0. The Kier molecular flexibility index (Phi) is 5.90. The van der Waals surface area contributed by atoms with E-state index in [1.54, 1.807) is 0 Å². The Labute approximate surface area is 154 Å². The highest BCUT2D eigenvalue weighted by atomic mass is 16.5. The molecule has 0 aliphatic carbocycles. The largest absolute Gasteiger partial charge is 0.494 e. The standard InChI is InChI=1S/C23H21NO2/c1-2-13-25-22-10-6-7-19(16-22)20-14-18(11-12-24)15-23(17-20)26-21-8-4-3-5-9-21/h3-10,14-17H,2,11,13H2,1H3. The van der Waals surface area contributed by atoms with Crippen LogP contribution in [0.15, 0.2) is 72.8 Å². The third-order valence-corrected chi connectivity index (χ3v) is 3.87. The van der Waals surface area contributed by atoms with Crippen molar-refractivity contribution in [2.75, 3.05) is 6.61 Å². The molecule has 0 aromatic heterocycles. The van der Waals surface area contributed by atoms with Crippen LogP contribution in [-0.4, -0.2) is 6.61 Å². The SMILES string of the molecule is CCCOc1cccc(-c2cc(CC#N)cc(Oc3ccccc3)c2)c1. The normalized spacial score (nSPS) is 10.2. The van der Waals surface area contributed by atoms with Gasteiger partial charge in [0.25, 0.3) is 0 Å². The van der Waals surface area contributed by atoms with E-state index in [2.05, 4.69) is 13.0 Å². The molecule has 130 valence electrons. The molecule has 3 rings (SSSR count). The van der Waals surface area contributed by atoms with Crippen LogP contribution in [0.25, 0.3) is 11.1 Å². The van der Waals surface area contributed by atoms with E-state index < -0.39 is 0 Å². The monoisotopic (exact) mass is 343 g/mol. The summed E-state index contributed by atoms with van der Waals surface area (Å²) < 4.78 is 11.7. The fourth-order valence-corrected chi connectivity index (χ4v) is 2.69. The van der Waals surface area contributed by atoms with Crippen LogP contribution >= 0.6 is 0 Å². The maximum absolute atomic E-state index is 9.09. The van der Waals surface area contributed by atoms with Crippen LogP contribution < -0.4 is 9.47 Å². The maximum Gasteiger partial charge on any atom is 0.128 e. The van der Waals surface area contributed by atoms with Gasteiger partial charge in [0.1, 0.15) is 17.2 Å². The molecule has 0 amide bonds. The Morgan fingerprint density at radius 1 is 0.808 bits per heavy atom. The first-order chi connectivity index (χ1) is 12.8. The minimum absolute atomic E-state index is 0.338. The lowest BCUT2D eigenvalue weighted by Crippen LogP contribution is -1.95. The third-order valence-electron chi connectivity index (χ3n) is 3.87. The van der Waals surface area contributed by atoms with E-state index in [1.807, 2.05) is 72.8 Å². The van der Waals surface area contributed by atoms with Gasteiger partial charge in [-0.25, -0.2) is 0 Å². The zero-order valence-electron chi connectivity index (χ0n) is 14.8. The van der Waals surface area contributed by atoms with E-state index in [4.69, 9.17) is 14.7 Å². The number of ether oxygens (including phenoxy) is 2. The first-order valence-corrected chi connectivity index (χ1v) is 8.75. The molecule has 0 bridgehead atoms. The molecule has 0 spiro atoms. The summed E-state index contributed by atoms with van der Waals surface area (Å²) in [6, 6.07) is 25.8. The van der Waals surface area contributed by atoms with E-state index in [9.17, 15) is 0 Å². The lowest BCUT2D eigenvalue weighted by molar-refractivity contribution is 0.317. The van der Waals surface area contributed by atoms with Gasteiger partial charge in [-0.1, -0.05) is 37.3 Å². The van der Waals surface area contributed by atoms with Gasteiger partial charge in [-0.2, -0.15) is 5.26 Å². The summed E-state index contributed by atoms with van der Waals surface area (Å²) in [6.07, 6.45) is 1.31. The molecule has 0 unspecified atom stereocenters. The van der Waals surface area contributed by atoms with Gasteiger partial charge in [-0.3, -0.25) is 0 Å². The van der Waals surface area contributed by atoms with Gasteiger partial charge in [-0.05, 0) is 65.6 Å². The number of nitrogens with zero attached hydrogens (tertiary/aromatic N) is 1. The fourth-order valence-electron chi connectivity index (χ4n) is 2.69. The molecule has 3 aromatic rings. The topological polar surface area (TPSA) is 42.2 Å². The van der Waals surface area contributed by atoms with Gasteiger partial charge in [0.05, 0.1) is 19.1 Å². The molecule has 0 fully saturated rings. The lowest BCUT2D eigenvalue weighted by Gasteiger charge is -2.11. The molecule has 26 heavy (non-hydrogen) atoms. The average molecular weight is 343 g/mol. The van der Waals surface area contributed by atoms with Crippen molar-refractivity contribution in [3.63, 3.8) is 0 Å². The Morgan fingerprint density at radius 3 is 2.35 bits per heavy atom. The fraction of sp³-hybridized carbons (Fsp3) is 0.174. The molecule has 3 heteroatoms. The van der Waals surface area contributed by atoms with Crippen molar-refractivity contribution in [3.8, 4) is 34.4 Å². The van der Waals surface area contributed by atoms with E-state index in [1.165, 1.54) is 0 Å². The number of para-hydroxylation sites is 1. The Bertz CT molecular complexity index is 898. The van der Waals surface area contributed by atoms with E-state index in [0.29, 0.717) is 13.0 Å². The van der Waals surface area contributed by atoms with Crippen LogP contribution in [-0.2, 0) is 6.42 Å². The number of benzene rings is 3. The number of hydrogen-bond donors (Lipinski definition) is 0. The second kappa shape index (κ2) is 8.73. The highest BCUT2D eigenvalue weighted by molar-refractivity contribution is 5.68. The molecule has 0 saturated carbocycles. The summed E-state index contributed by atoms with van der Waals surface area (Å²) in [5, 5.41) is 9.09. The predicted octanol–water partition coefficient (Wildman–Crippen LogP) is 6.00. The van der Waals surface area contributed by atoms with E-state index >= 15 is 0 Å². The lowest BCUT2D eigenvalue weighted by atomic mass is 10.0. The molecular weight excluding hydrogens is 322 g/mol. The number of rotatable bonds is 7. The first-order valence-electron chi connectivity index (χ1n) is 8.75. The van der Waals surface area contributed by atoms with Gasteiger partial charge in [0.15, 0.2) is 0 Å². The first kappa shape index (κ1) is 17.6. The summed E-state index contributed by atoms with van der Waals surface area (Å²) in [5.74, 6) is 2.34. The second-order valence-corrected chi connectivity index (χ2v) is 5.99. The van der Waals surface area contributed by atoms with Gasteiger partial charge in [-0.15, -0.1) is 0 Å². The molecule has 3 nitrogen and oxygen atoms in total. The summed E-state index contributed by atoms with van der Waals surface area (Å²) in [4.78, 5) is 0. The summed E-state index contributed by atoms with van der Waals surface area (Å²) in [6.45, 7) is 2.78. The molecule has 0 saturated heterocycles. The highest BCUT2D eigenvalue weighted by Crippen LogP contribution is 2.31. The van der Waals surface area contributed by atoms with E-state index in [-0.39, 0.29) is 0 Å². The molecule has 0 radical (unpaired) electrons. The molecular formula is C23H21NO2. The summed E-state index contributed by atoms with van der Waals surface area (Å²) in [7, 11) is 0. The predicted molar refractivity (Wildman–Crippen MR) is 103 cm³/mol. The Hall–Kier alpha value is -3.25. The highest BCUT2D eigenvalue weighted by Gasteiger charge is 2.07. The molecule has 0 aliphatic heterocycles. The van der Waals surface area contributed by atoms with Gasteiger partial charge >= 0.3 is 0 Å². The maximum atomic E-state index is 9.09. The van der Waals surface area contributed by atoms with Crippen molar-refractivity contribution in [1.82, 2.24) is 0 Å². The molecule has 0 atom stereocenters. The van der Waals surface area contributed by atoms with Crippen LogP contribution in [0.1, 0.15) is 18.9 Å². The van der Waals surface area contributed by atoms with Crippen LogP contribution in [0.4, 0.5) is 0 Å². The number of nitriles is 1. The van der Waals surface area contributed by atoms with Crippen molar-refractivity contribution in [3.05, 3.63) is 78.4 Å².